The molecule has 6 heteroatoms. The van der Waals surface area contributed by atoms with Gasteiger partial charge in [0.05, 0.1) is 6.04 Å². The molecule has 1 aliphatic rings. The predicted octanol–water partition coefficient (Wildman–Crippen LogP) is 2.63. The number of rotatable bonds is 3. The van der Waals surface area contributed by atoms with Crippen molar-refractivity contribution in [2.45, 2.75) is 26.3 Å². The highest BCUT2D eigenvalue weighted by Gasteiger charge is 2.31. The van der Waals surface area contributed by atoms with E-state index in [9.17, 15) is 9.59 Å². The van der Waals surface area contributed by atoms with E-state index in [0.717, 1.165) is 16.8 Å². The highest BCUT2D eigenvalue weighted by Crippen LogP contribution is 2.22. The quantitative estimate of drug-likeness (QED) is 0.911. The molecule has 24 heavy (non-hydrogen) atoms. The third kappa shape index (κ3) is 3.71. The number of urea groups is 1. The molecule has 1 aromatic carbocycles. The maximum Gasteiger partial charge on any atom is 0.320 e. The standard InChI is InChI=1S/C18H20N4O2/c1-12-3-5-15(6-4-12)22-11-14(10-17(22)23)20-18(24)21-16-9-13(2)7-8-19-16/h3-9,14H,10-11H2,1-2H3,(H2,19,20,21,24). The zero-order valence-electron chi connectivity index (χ0n) is 13.7. The minimum atomic E-state index is -0.350. The van der Waals surface area contributed by atoms with Gasteiger partial charge in [-0.25, -0.2) is 9.78 Å². The first-order valence-corrected chi connectivity index (χ1v) is 7.88. The van der Waals surface area contributed by atoms with Gasteiger partial charge in [0.1, 0.15) is 5.82 Å². The summed E-state index contributed by atoms with van der Waals surface area (Å²) in [6.07, 6.45) is 1.94. The maximum absolute atomic E-state index is 12.2. The van der Waals surface area contributed by atoms with E-state index in [-0.39, 0.29) is 18.0 Å². The van der Waals surface area contributed by atoms with Crippen molar-refractivity contribution in [2.75, 3.05) is 16.8 Å². The Balaban J connectivity index is 1.59. The lowest BCUT2D eigenvalue weighted by atomic mass is 10.2. The number of aryl methyl sites for hydroxylation is 2. The van der Waals surface area contributed by atoms with Crippen LogP contribution in [0.3, 0.4) is 0 Å². The first kappa shape index (κ1) is 16.0. The molecule has 1 aliphatic heterocycles. The summed E-state index contributed by atoms with van der Waals surface area (Å²) in [7, 11) is 0. The summed E-state index contributed by atoms with van der Waals surface area (Å²) in [5.74, 6) is 0.505. The molecular formula is C18H20N4O2. The summed E-state index contributed by atoms with van der Waals surface area (Å²) in [4.78, 5) is 30.1. The molecule has 0 bridgehead atoms. The molecule has 1 saturated heterocycles. The summed E-state index contributed by atoms with van der Waals surface area (Å²) >= 11 is 0. The normalized spacial score (nSPS) is 17.0. The van der Waals surface area contributed by atoms with Crippen LogP contribution in [0.5, 0.6) is 0 Å². The van der Waals surface area contributed by atoms with Crippen LogP contribution in [-0.2, 0) is 4.79 Å². The van der Waals surface area contributed by atoms with Gasteiger partial charge in [-0.3, -0.25) is 10.1 Å². The molecule has 0 spiro atoms. The van der Waals surface area contributed by atoms with Crippen molar-refractivity contribution in [1.29, 1.82) is 0 Å². The molecule has 1 unspecified atom stereocenters. The minimum absolute atomic E-state index is 0.0119. The second kappa shape index (κ2) is 6.70. The van der Waals surface area contributed by atoms with Gasteiger partial charge < -0.3 is 10.2 Å². The Morgan fingerprint density at radius 2 is 1.92 bits per heavy atom. The molecule has 0 radical (unpaired) electrons. The molecule has 6 nitrogen and oxygen atoms in total. The van der Waals surface area contributed by atoms with Crippen LogP contribution < -0.4 is 15.5 Å². The van der Waals surface area contributed by atoms with Crippen LogP contribution in [0.25, 0.3) is 0 Å². The van der Waals surface area contributed by atoms with Gasteiger partial charge in [0, 0.05) is 24.8 Å². The number of amides is 3. The molecule has 3 amide bonds. The number of hydrogen-bond acceptors (Lipinski definition) is 3. The van der Waals surface area contributed by atoms with Crippen molar-refractivity contribution in [3.63, 3.8) is 0 Å². The van der Waals surface area contributed by atoms with Crippen molar-refractivity contribution in [3.8, 4) is 0 Å². The fourth-order valence-corrected chi connectivity index (χ4v) is 2.72. The third-order valence-electron chi connectivity index (χ3n) is 3.96. The van der Waals surface area contributed by atoms with E-state index < -0.39 is 0 Å². The lowest BCUT2D eigenvalue weighted by Crippen LogP contribution is -2.39. The summed E-state index contributed by atoms with van der Waals surface area (Å²) in [6, 6.07) is 10.9. The van der Waals surface area contributed by atoms with Gasteiger partial charge in [-0.1, -0.05) is 17.7 Å². The highest BCUT2D eigenvalue weighted by atomic mass is 16.2. The average Bonchev–Trinajstić information content (AvgIpc) is 2.88. The Morgan fingerprint density at radius 1 is 1.17 bits per heavy atom. The smallest absolute Gasteiger partial charge is 0.320 e. The predicted molar refractivity (Wildman–Crippen MR) is 93.1 cm³/mol. The molecular weight excluding hydrogens is 304 g/mol. The van der Waals surface area contributed by atoms with Gasteiger partial charge >= 0.3 is 6.03 Å². The van der Waals surface area contributed by atoms with Gasteiger partial charge in [-0.15, -0.1) is 0 Å². The van der Waals surface area contributed by atoms with E-state index in [1.165, 1.54) is 0 Å². The Labute approximate surface area is 140 Å². The van der Waals surface area contributed by atoms with E-state index in [0.29, 0.717) is 18.8 Å². The first-order chi connectivity index (χ1) is 11.5. The number of nitrogens with one attached hydrogen (secondary N) is 2. The fourth-order valence-electron chi connectivity index (χ4n) is 2.72. The summed E-state index contributed by atoms with van der Waals surface area (Å²) in [6.45, 7) is 4.40. The van der Waals surface area contributed by atoms with E-state index >= 15 is 0 Å². The van der Waals surface area contributed by atoms with Crippen LogP contribution >= 0.6 is 0 Å². The Morgan fingerprint density at radius 3 is 2.62 bits per heavy atom. The monoisotopic (exact) mass is 324 g/mol. The second-order valence-electron chi connectivity index (χ2n) is 6.06. The van der Waals surface area contributed by atoms with Crippen LogP contribution in [0.1, 0.15) is 17.5 Å². The largest absolute Gasteiger partial charge is 0.333 e. The number of anilines is 2. The summed E-state index contributed by atoms with van der Waals surface area (Å²) in [5.41, 5.74) is 3.02. The first-order valence-electron chi connectivity index (χ1n) is 7.88. The number of carbonyl (C=O) groups is 2. The van der Waals surface area contributed by atoms with Crippen molar-refractivity contribution in [2.24, 2.45) is 0 Å². The Kier molecular flexibility index (Phi) is 4.46. The highest BCUT2D eigenvalue weighted by molar-refractivity contribution is 5.97. The van der Waals surface area contributed by atoms with Crippen molar-refractivity contribution in [3.05, 3.63) is 53.7 Å². The second-order valence-corrected chi connectivity index (χ2v) is 6.06. The lowest BCUT2D eigenvalue weighted by molar-refractivity contribution is -0.117. The molecule has 1 aromatic heterocycles. The molecule has 1 atom stereocenters. The van der Waals surface area contributed by atoms with Gasteiger partial charge in [0.15, 0.2) is 0 Å². The number of carbonyl (C=O) groups excluding carboxylic acids is 2. The van der Waals surface area contributed by atoms with Gasteiger partial charge in [-0.05, 0) is 43.7 Å². The Bertz CT molecular complexity index is 758. The molecule has 1 fully saturated rings. The number of aromatic nitrogens is 1. The summed E-state index contributed by atoms with van der Waals surface area (Å²) < 4.78 is 0. The van der Waals surface area contributed by atoms with E-state index in [4.69, 9.17) is 0 Å². The topological polar surface area (TPSA) is 74.3 Å². The molecule has 0 saturated carbocycles. The number of pyridine rings is 1. The molecule has 2 heterocycles. The Hall–Kier alpha value is -2.89. The van der Waals surface area contributed by atoms with E-state index in [1.807, 2.05) is 44.2 Å². The average molecular weight is 324 g/mol. The molecule has 2 aromatic rings. The zero-order chi connectivity index (χ0) is 17.1. The number of benzene rings is 1. The van der Waals surface area contributed by atoms with E-state index in [1.54, 1.807) is 17.2 Å². The van der Waals surface area contributed by atoms with Crippen molar-refractivity contribution in [1.82, 2.24) is 10.3 Å². The van der Waals surface area contributed by atoms with Crippen LogP contribution in [0, 0.1) is 13.8 Å². The van der Waals surface area contributed by atoms with Crippen molar-refractivity contribution < 1.29 is 9.59 Å². The SMILES string of the molecule is Cc1ccc(N2CC(NC(=O)Nc3cc(C)ccn3)CC2=O)cc1. The molecule has 124 valence electrons. The molecule has 0 aliphatic carbocycles. The lowest BCUT2D eigenvalue weighted by Gasteiger charge is -2.17. The zero-order valence-corrected chi connectivity index (χ0v) is 13.7. The summed E-state index contributed by atoms with van der Waals surface area (Å²) in [5, 5.41) is 5.53. The van der Waals surface area contributed by atoms with Crippen LogP contribution in [0.15, 0.2) is 42.6 Å². The van der Waals surface area contributed by atoms with Gasteiger partial charge in [-0.2, -0.15) is 0 Å². The molecule has 3 rings (SSSR count). The van der Waals surface area contributed by atoms with Gasteiger partial charge in [0.25, 0.3) is 0 Å². The van der Waals surface area contributed by atoms with Gasteiger partial charge in [0.2, 0.25) is 5.91 Å². The fraction of sp³-hybridized carbons (Fsp3) is 0.278. The van der Waals surface area contributed by atoms with Crippen LogP contribution in [0.4, 0.5) is 16.3 Å². The number of hydrogen-bond donors (Lipinski definition) is 2. The van der Waals surface area contributed by atoms with E-state index in [2.05, 4.69) is 15.6 Å². The third-order valence-corrected chi connectivity index (χ3v) is 3.96. The minimum Gasteiger partial charge on any atom is -0.333 e. The van der Waals surface area contributed by atoms with Crippen LogP contribution in [0.2, 0.25) is 0 Å². The van der Waals surface area contributed by atoms with Crippen molar-refractivity contribution >= 4 is 23.4 Å². The molecule has 2 N–H and O–H groups in total. The maximum atomic E-state index is 12.2. The van der Waals surface area contributed by atoms with Crippen LogP contribution in [-0.4, -0.2) is 29.5 Å². The number of nitrogens with zero attached hydrogens (tertiary/aromatic N) is 2.